The molecular formula is C15H30O2. The first-order valence-corrected chi connectivity index (χ1v) is 7.60. The first-order chi connectivity index (χ1) is 8.33. The highest BCUT2D eigenvalue weighted by molar-refractivity contribution is 4.59. The molecule has 0 bridgehead atoms. The van der Waals surface area contributed by atoms with Crippen molar-refractivity contribution in [1.82, 2.24) is 0 Å². The predicted octanol–water partition coefficient (Wildman–Crippen LogP) is 4.67. The standard InChI is InChI=1S/C15H30O2/c1-3-4-5-6-7-8-9-10-11-15-16-13-12-14(2)17-15/h14-15H,3-13H2,1-2H3/t14-,15+/m1/s1. The Morgan fingerprint density at radius 2 is 1.59 bits per heavy atom. The minimum absolute atomic E-state index is 0.0823. The van der Waals surface area contributed by atoms with E-state index in [1.54, 1.807) is 0 Å². The van der Waals surface area contributed by atoms with Gasteiger partial charge in [0.05, 0.1) is 12.7 Å². The van der Waals surface area contributed by atoms with Gasteiger partial charge in [-0.1, -0.05) is 51.9 Å². The third kappa shape index (κ3) is 7.77. The molecule has 0 spiro atoms. The molecule has 0 radical (unpaired) electrons. The van der Waals surface area contributed by atoms with E-state index in [9.17, 15) is 0 Å². The molecule has 17 heavy (non-hydrogen) atoms. The van der Waals surface area contributed by atoms with Crippen molar-refractivity contribution in [2.75, 3.05) is 6.61 Å². The van der Waals surface area contributed by atoms with Crippen molar-refractivity contribution in [1.29, 1.82) is 0 Å². The van der Waals surface area contributed by atoms with Gasteiger partial charge in [0.15, 0.2) is 6.29 Å². The Labute approximate surface area is 107 Å². The highest BCUT2D eigenvalue weighted by Gasteiger charge is 2.18. The molecule has 1 fully saturated rings. The van der Waals surface area contributed by atoms with E-state index in [1.807, 2.05) is 0 Å². The number of rotatable bonds is 9. The molecule has 1 aliphatic rings. The van der Waals surface area contributed by atoms with Crippen molar-refractivity contribution in [3.05, 3.63) is 0 Å². The monoisotopic (exact) mass is 242 g/mol. The lowest BCUT2D eigenvalue weighted by atomic mass is 10.1. The van der Waals surface area contributed by atoms with E-state index >= 15 is 0 Å². The molecule has 0 aromatic heterocycles. The van der Waals surface area contributed by atoms with Crippen molar-refractivity contribution in [3.63, 3.8) is 0 Å². The molecule has 1 heterocycles. The summed E-state index contributed by atoms with van der Waals surface area (Å²) in [6.45, 7) is 5.29. The summed E-state index contributed by atoms with van der Waals surface area (Å²) < 4.78 is 11.3. The van der Waals surface area contributed by atoms with Crippen LogP contribution in [0.15, 0.2) is 0 Å². The van der Waals surface area contributed by atoms with Crippen molar-refractivity contribution >= 4 is 0 Å². The SMILES string of the molecule is CCCCCCCCCC[C@H]1OCC[C@@H](C)O1. The molecule has 2 atom stereocenters. The maximum Gasteiger partial charge on any atom is 0.157 e. The molecule has 0 aromatic rings. The molecule has 0 N–H and O–H groups in total. The molecule has 1 saturated heterocycles. The first-order valence-electron chi connectivity index (χ1n) is 7.60. The number of ether oxygens (including phenoxy) is 2. The van der Waals surface area contributed by atoms with Gasteiger partial charge >= 0.3 is 0 Å². The fourth-order valence-corrected chi connectivity index (χ4v) is 2.33. The molecule has 0 aromatic carbocycles. The van der Waals surface area contributed by atoms with Crippen LogP contribution in [0.4, 0.5) is 0 Å². The average molecular weight is 242 g/mol. The topological polar surface area (TPSA) is 18.5 Å². The Kier molecular flexibility index (Phi) is 8.72. The summed E-state index contributed by atoms with van der Waals surface area (Å²) in [7, 11) is 0. The molecule has 0 amide bonds. The summed E-state index contributed by atoms with van der Waals surface area (Å²) in [5.74, 6) is 0. The summed E-state index contributed by atoms with van der Waals surface area (Å²) in [6.07, 6.45) is 13.6. The highest BCUT2D eigenvalue weighted by atomic mass is 16.7. The van der Waals surface area contributed by atoms with Crippen molar-refractivity contribution in [2.24, 2.45) is 0 Å². The van der Waals surface area contributed by atoms with Gasteiger partial charge in [-0.25, -0.2) is 0 Å². The van der Waals surface area contributed by atoms with Gasteiger partial charge in [0.1, 0.15) is 0 Å². The van der Waals surface area contributed by atoms with E-state index in [4.69, 9.17) is 9.47 Å². The largest absolute Gasteiger partial charge is 0.353 e. The Balaban J connectivity index is 1.83. The fourth-order valence-electron chi connectivity index (χ4n) is 2.33. The van der Waals surface area contributed by atoms with Gasteiger partial charge in [-0.15, -0.1) is 0 Å². The highest BCUT2D eigenvalue weighted by Crippen LogP contribution is 2.18. The molecule has 0 unspecified atom stereocenters. The molecule has 0 saturated carbocycles. The minimum Gasteiger partial charge on any atom is -0.353 e. The van der Waals surface area contributed by atoms with Crippen LogP contribution in [0, 0.1) is 0 Å². The van der Waals surface area contributed by atoms with Crippen LogP contribution in [-0.2, 0) is 9.47 Å². The summed E-state index contributed by atoms with van der Waals surface area (Å²) in [5.41, 5.74) is 0. The summed E-state index contributed by atoms with van der Waals surface area (Å²) in [6, 6.07) is 0. The summed E-state index contributed by atoms with van der Waals surface area (Å²) >= 11 is 0. The van der Waals surface area contributed by atoms with E-state index in [0.29, 0.717) is 6.10 Å². The molecule has 2 nitrogen and oxygen atoms in total. The lowest BCUT2D eigenvalue weighted by Crippen LogP contribution is -2.30. The van der Waals surface area contributed by atoms with Crippen LogP contribution in [0.25, 0.3) is 0 Å². The molecular weight excluding hydrogens is 212 g/mol. The van der Waals surface area contributed by atoms with Crippen LogP contribution in [-0.4, -0.2) is 19.0 Å². The molecule has 102 valence electrons. The van der Waals surface area contributed by atoms with Gasteiger partial charge in [-0.05, 0) is 26.2 Å². The third-order valence-corrected chi connectivity index (χ3v) is 3.51. The second-order valence-corrected chi connectivity index (χ2v) is 5.30. The van der Waals surface area contributed by atoms with Crippen LogP contribution in [0.5, 0.6) is 0 Å². The fraction of sp³-hybridized carbons (Fsp3) is 1.00. The summed E-state index contributed by atoms with van der Waals surface area (Å²) in [4.78, 5) is 0. The lowest BCUT2D eigenvalue weighted by molar-refractivity contribution is -0.210. The molecule has 0 aliphatic carbocycles. The average Bonchev–Trinajstić information content (AvgIpc) is 2.33. The minimum atomic E-state index is 0.0823. The van der Waals surface area contributed by atoms with Crippen molar-refractivity contribution in [3.8, 4) is 0 Å². The van der Waals surface area contributed by atoms with E-state index in [2.05, 4.69) is 13.8 Å². The maximum absolute atomic E-state index is 5.72. The van der Waals surface area contributed by atoms with E-state index in [-0.39, 0.29) is 6.29 Å². The quantitative estimate of drug-likeness (QED) is 0.547. The summed E-state index contributed by atoms with van der Waals surface area (Å²) in [5, 5.41) is 0. The van der Waals surface area contributed by atoms with Gasteiger partial charge in [-0.3, -0.25) is 0 Å². The van der Waals surface area contributed by atoms with Gasteiger partial charge in [0, 0.05) is 0 Å². The van der Waals surface area contributed by atoms with E-state index < -0.39 is 0 Å². The van der Waals surface area contributed by atoms with Crippen LogP contribution >= 0.6 is 0 Å². The van der Waals surface area contributed by atoms with Crippen LogP contribution in [0.2, 0.25) is 0 Å². The second kappa shape index (κ2) is 9.90. The predicted molar refractivity (Wildman–Crippen MR) is 72.1 cm³/mol. The molecule has 2 heteroatoms. The Morgan fingerprint density at radius 1 is 0.941 bits per heavy atom. The van der Waals surface area contributed by atoms with Crippen molar-refractivity contribution in [2.45, 2.75) is 90.4 Å². The molecule has 1 aliphatic heterocycles. The first kappa shape index (κ1) is 15.0. The maximum atomic E-state index is 5.72. The second-order valence-electron chi connectivity index (χ2n) is 5.30. The zero-order chi connectivity index (χ0) is 12.3. The van der Waals surface area contributed by atoms with Gasteiger partial charge < -0.3 is 9.47 Å². The Morgan fingerprint density at radius 3 is 2.24 bits per heavy atom. The number of hydrogen-bond acceptors (Lipinski definition) is 2. The Hall–Kier alpha value is -0.0800. The molecule has 1 rings (SSSR count). The van der Waals surface area contributed by atoms with Crippen LogP contribution < -0.4 is 0 Å². The smallest absolute Gasteiger partial charge is 0.157 e. The third-order valence-electron chi connectivity index (χ3n) is 3.51. The van der Waals surface area contributed by atoms with Gasteiger partial charge in [0.2, 0.25) is 0 Å². The Bertz CT molecular complexity index is 170. The van der Waals surface area contributed by atoms with Crippen LogP contribution in [0.1, 0.15) is 78.1 Å². The zero-order valence-corrected chi connectivity index (χ0v) is 11.7. The van der Waals surface area contributed by atoms with Crippen molar-refractivity contribution < 1.29 is 9.47 Å². The van der Waals surface area contributed by atoms with Gasteiger partial charge in [-0.2, -0.15) is 0 Å². The lowest BCUT2D eigenvalue weighted by Gasteiger charge is -2.28. The number of hydrogen-bond donors (Lipinski definition) is 0. The van der Waals surface area contributed by atoms with Gasteiger partial charge in [0.25, 0.3) is 0 Å². The zero-order valence-electron chi connectivity index (χ0n) is 11.7. The van der Waals surface area contributed by atoms with E-state index in [1.165, 1.54) is 51.4 Å². The van der Waals surface area contributed by atoms with E-state index in [0.717, 1.165) is 19.4 Å². The normalized spacial score (nSPS) is 25.1. The van der Waals surface area contributed by atoms with Crippen LogP contribution in [0.3, 0.4) is 0 Å². The number of unbranched alkanes of at least 4 members (excludes halogenated alkanes) is 7.